The smallest absolute Gasteiger partial charge is 0.319 e. The summed E-state index contributed by atoms with van der Waals surface area (Å²) in [7, 11) is 0. The first kappa shape index (κ1) is 14.8. The fourth-order valence-electron chi connectivity index (χ4n) is 2.50. The zero-order valence-electron chi connectivity index (χ0n) is 11.2. The van der Waals surface area contributed by atoms with Crippen LogP contribution in [0.2, 0.25) is 0 Å². The lowest BCUT2D eigenvalue weighted by Crippen LogP contribution is -2.35. The standard InChI is InChI=1S/C15H20INO2/c1-12(16)14(18)19-15(8-5-10-17-11-9-15)13-6-3-2-4-7-13/h2-4,6-7,12,17H,5,8-11H2,1H3. The maximum Gasteiger partial charge on any atom is 0.319 e. The van der Waals surface area contributed by atoms with Crippen molar-refractivity contribution in [2.45, 2.75) is 35.7 Å². The number of halogens is 1. The molecule has 1 saturated heterocycles. The van der Waals surface area contributed by atoms with Crippen LogP contribution in [0, 0.1) is 0 Å². The first-order valence-electron chi connectivity index (χ1n) is 6.77. The van der Waals surface area contributed by atoms with E-state index in [1.807, 2.05) is 25.1 Å². The Morgan fingerprint density at radius 1 is 1.32 bits per heavy atom. The minimum absolute atomic E-state index is 0.116. The molecule has 0 bridgehead atoms. The molecule has 3 nitrogen and oxygen atoms in total. The van der Waals surface area contributed by atoms with Crippen LogP contribution < -0.4 is 5.32 Å². The molecule has 0 aromatic heterocycles. The molecular formula is C15H20INO2. The van der Waals surface area contributed by atoms with Gasteiger partial charge in [-0.3, -0.25) is 4.79 Å². The van der Waals surface area contributed by atoms with Crippen LogP contribution in [0.3, 0.4) is 0 Å². The van der Waals surface area contributed by atoms with Crippen molar-refractivity contribution in [1.82, 2.24) is 5.32 Å². The summed E-state index contributed by atoms with van der Waals surface area (Å²) in [6, 6.07) is 10.1. The van der Waals surface area contributed by atoms with Crippen molar-refractivity contribution >= 4 is 28.6 Å². The van der Waals surface area contributed by atoms with E-state index in [0.29, 0.717) is 0 Å². The molecule has 1 heterocycles. The topological polar surface area (TPSA) is 38.3 Å². The van der Waals surface area contributed by atoms with Crippen LogP contribution in [0.5, 0.6) is 0 Å². The van der Waals surface area contributed by atoms with Crippen LogP contribution in [0.25, 0.3) is 0 Å². The number of carbonyl (C=O) groups is 1. The van der Waals surface area contributed by atoms with Gasteiger partial charge in [-0.1, -0.05) is 52.9 Å². The van der Waals surface area contributed by atoms with E-state index in [1.165, 1.54) is 0 Å². The summed E-state index contributed by atoms with van der Waals surface area (Å²) >= 11 is 2.11. The number of rotatable bonds is 3. The molecule has 19 heavy (non-hydrogen) atoms. The molecule has 2 rings (SSSR count). The molecule has 1 fully saturated rings. The van der Waals surface area contributed by atoms with Crippen LogP contribution in [0.1, 0.15) is 31.7 Å². The first-order valence-corrected chi connectivity index (χ1v) is 8.02. The third kappa shape index (κ3) is 3.69. The number of benzene rings is 1. The molecule has 2 unspecified atom stereocenters. The summed E-state index contributed by atoms with van der Waals surface area (Å²) in [6.45, 7) is 3.75. The van der Waals surface area contributed by atoms with E-state index in [9.17, 15) is 4.79 Å². The largest absolute Gasteiger partial charge is 0.453 e. The van der Waals surface area contributed by atoms with Crippen molar-refractivity contribution in [3.8, 4) is 0 Å². The highest BCUT2D eigenvalue weighted by molar-refractivity contribution is 14.1. The molecule has 1 N–H and O–H groups in total. The lowest BCUT2D eigenvalue weighted by molar-refractivity contribution is -0.161. The average molecular weight is 373 g/mol. The summed E-state index contributed by atoms with van der Waals surface area (Å²) in [4.78, 5) is 12.1. The summed E-state index contributed by atoms with van der Waals surface area (Å²) in [5, 5.41) is 3.38. The Morgan fingerprint density at radius 2 is 2.05 bits per heavy atom. The second-order valence-electron chi connectivity index (χ2n) is 5.00. The lowest BCUT2D eigenvalue weighted by Gasteiger charge is -2.33. The summed E-state index contributed by atoms with van der Waals surface area (Å²) < 4.78 is 5.80. The third-order valence-electron chi connectivity index (χ3n) is 3.56. The predicted molar refractivity (Wildman–Crippen MR) is 84.4 cm³/mol. The summed E-state index contributed by atoms with van der Waals surface area (Å²) in [5.74, 6) is -0.119. The van der Waals surface area contributed by atoms with Gasteiger partial charge in [0.2, 0.25) is 0 Å². The van der Waals surface area contributed by atoms with E-state index < -0.39 is 5.60 Å². The quantitative estimate of drug-likeness (QED) is 0.503. The van der Waals surface area contributed by atoms with Gasteiger partial charge in [0.1, 0.15) is 9.53 Å². The summed E-state index contributed by atoms with van der Waals surface area (Å²) in [6.07, 6.45) is 2.75. The van der Waals surface area contributed by atoms with Crippen molar-refractivity contribution in [1.29, 1.82) is 0 Å². The number of alkyl halides is 1. The molecule has 4 heteroatoms. The fourth-order valence-corrected chi connectivity index (χ4v) is 2.63. The number of carbonyl (C=O) groups excluding carboxylic acids is 1. The van der Waals surface area contributed by atoms with Crippen molar-refractivity contribution < 1.29 is 9.53 Å². The van der Waals surface area contributed by atoms with Crippen molar-refractivity contribution in [2.24, 2.45) is 0 Å². The van der Waals surface area contributed by atoms with Gasteiger partial charge in [-0.25, -0.2) is 0 Å². The van der Waals surface area contributed by atoms with Gasteiger partial charge in [0.05, 0.1) is 0 Å². The van der Waals surface area contributed by atoms with Crippen LogP contribution in [0.15, 0.2) is 30.3 Å². The van der Waals surface area contributed by atoms with E-state index in [-0.39, 0.29) is 9.89 Å². The predicted octanol–water partition coefficient (Wildman–Crippen LogP) is 3.02. The van der Waals surface area contributed by atoms with Gasteiger partial charge < -0.3 is 10.1 Å². The van der Waals surface area contributed by atoms with Gasteiger partial charge in [-0.05, 0) is 38.4 Å². The highest BCUT2D eigenvalue weighted by atomic mass is 127. The lowest BCUT2D eigenvalue weighted by atomic mass is 9.86. The third-order valence-corrected chi connectivity index (χ3v) is 4.07. The van der Waals surface area contributed by atoms with E-state index in [2.05, 4.69) is 40.0 Å². The Morgan fingerprint density at radius 3 is 2.74 bits per heavy atom. The summed E-state index contributed by atoms with van der Waals surface area (Å²) in [5.41, 5.74) is 0.658. The van der Waals surface area contributed by atoms with E-state index >= 15 is 0 Å². The van der Waals surface area contributed by atoms with E-state index in [0.717, 1.165) is 37.9 Å². The highest BCUT2D eigenvalue weighted by Gasteiger charge is 2.37. The van der Waals surface area contributed by atoms with Gasteiger partial charge in [0.15, 0.2) is 0 Å². The van der Waals surface area contributed by atoms with Crippen LogP contribution >= 0.6 is 22.6 Å². The van der Waals surface area contributed by atoms with Crippen molar-refractivity contribution in [2.75, 3.05) is 13.1 Å². The molecule has 1 aromatic carbocycles. The van der Waals surface area contributed by atoms with Crippen molar-refractivity contribution in [3.05, 3.63) is 35.9 Å². The van der Waals surface area contributed by atoms with Crippen LogP contribution in [-0.4, -0.2) is 23.0 Å². The first-order chi connectivity index (χ1) is 9.14. The second kappa shape index (κ2) is 6.70. The second-order valence-corrected chi connectivity index (χ2v) is 6.87. The minimum Gasteiger partial charge on any atom is -0.453 e. The molecule has 0 amide bonds. The zero-order chi connectivity index (χ0) is 13.7. The minimum atomic E-state index is -0.457. The molecule has 1 aliphatic rings. The van der Waals surface area contributed by atoms with Gasteiger partial charge in [-0.2, -0.15) is 0 Å². The van der Waals surface area contributed by atoms with E-state index in [4.69, 9.17) is 4.74 Å². The van der Waals surface area contributed by atoms with Gasteiger partial charge >= 0.3 is 5.97 Å². The Hall–Kier alpha value is -0.620. The average Bonchev–Trinajstić information content (AvgIpc) is 2.66. The highest BCUT2D eigenvalue weighted by Crippen LogP contribution is 2.36. The Labute approximate surface area is 128 Å². The molecular weight excluding hydrogens is 353 g/mol. The van der Waals surface area contributed by atoms with Crippen LogP contribution in [-0.2, 0) is 15.1 Å². The molecule has 1 aliphatic heterocycles. The Kier molecular flexibility index (Phi) is 5.21. The van der Waals surface area contributed by atoms with Crippen molar-refractivity contribution in [3.63, 3.8) is 0 Å². The molecule has 2 atom stereocenters. The molecule has 1 aromatic rings. The monoisotopic (exact) mass is 373 g/mol. The number of hydrogen-bond acceptors (Lipinski definition) is 3. The molecule has 0 spiro atoms. The fraction of sp³-hybridized carbons (Fsp3) is 0.533. The normalized spacial score (nSPS) is 25.4. The van der Waals surface area contributed by atoms with Crippen LogP contribution in [0.4, 0.5) is 0 Å². The zero-order valence-corrected chi connectivity index (χ0v) is 13.4. The Bertz CT molecular complexity index is 411. The Balaban J connectivity index is 2.29. The number of esters is 1. The molecule has 0 aliphatic carbocycles. The number of hydrogen-bond donors (Lipinski definition) is 1. The number of ether oxygens (including phenoxy) is 1. The van der Waals surface area contributed by atoms with Gasteiger partial charge in [0, 0.05) is 6.42 Å². The molecule has 104 valence electrons. The van der Waals surface area contributed by atoms with E-state index in [1.54, 1.807) is 0 Å². The SMILES string of the molecule is CC(I)C(=O)OC1(c2ccccc2)CCCNCC1. The number of nitrogens with one attached hydrogen (secondary N) is 1. The van der Waals surface area contributed by atoms with Gasteiger partial charge in [-0.15, -0.1) is 0 Å². The maximum atomic E-state index is 12.1. The molecule has 0 radical (unpaired) electrons. The maximum absolute atomic E-state index is 12.1. The van der Waals surface area contributed by atoms with Gasteiger partial charge in [0.25, 0.3) is 0 Å². The molecule has 0 saturated carbocycles.